The summed E-state index contributed by atoms with van der Waals surface area (Å²) in [4.78, 5) is 17.0. The van der Waals surface area contributed by atoms with E-state index in [9.17, 15) is 4.57 Å². The van der Waals surface area contributed by atoms with Gasteiger partial charge in [-0.25, -0.2) is 4.57 Å². The molecule has 0 amide bonds. The first kappa shape index (κ1) is 31.7. The summed E-state index contributed by atoms with van der Waals surface area (Å²) in [6.45, 7) is 8.09. The van der Waals surface area contributed by atoms with Crippen molar-refractivity contribution in [3.05, 3.63) is 0 Å². The Kier molecular flexibility index (Phi) is 30.6. The summed E-state index contributed by atoms with van der Waals surface area (Å²) in [7, 11) is -4.25. The van der Waals surface area contributed by atoms with Crippen LogP contribution in [0.1, 0.15) is 111 Å². The standard InChI is InChI=1S/C16H35O4P.C4H10O.H3N/c1-2-3-4-5-6-7-8-9-10-11-12-13-14-15-16-20-21(17,18)19;1-3-5-4-2;/h2-16H2,1H3,(H2,17,18,19);3-4H2,1-2H3;1H3. The molecule has 0 aliphatic heterocycles. The predicted octanol–water partition coefficient (Wildman–Crippen LogP) is 6.78. The molecule has 0 saturated carbocycles. The van der Waals surface area contributed by atoms with E-state index in [0.29, 0.717) is 0 Å². The van der Waals surface area contributed by atoms with E-state index in [-0.39, 0.29) is 12.8 Å². The molecule has 0 spiro atoms. The molecule has 0 bridgehead atoms. The van der Waals surface area contributed by atoms with Crippen LogP contribution in [0.5, 0.6) is 0 Å². The molecule has 0 atom stereocenters. The van der Waals surface area contributed by atoms with Gasteiger partial charge in [-0.05, 0) is 20.3 Å². The van der Waals surface area contributed by atoms with E-state index in [1.165, 1.54) is 70.6 Å². The lowest BCUT2D eigenvalue weighted by molar-refractivity contribution is 0.162. The van der Waals surface area contributed by atoms with Crippen molar-refractivity contribution in [1.82, 2.24) is 6.15 Å². The molecule has 168 valence electrons. The van der Waals surface area contributed by atoms with E-state index < -0.39 is 7.82 Å². The van der Waals surface area contributed by atoms with Crippen molar-refractivity contribution < 1.29 is 23.6 Å². The maximum Gasteiger partial charge on any atom is 0.469 e. The van der Waals surface area contributed by atoms with Crippen molar-refractivity contribution in [2.24, 2.45) is 0 Å². The molecule has 0 aromatic heterocycles. The fourth-order valence-electron chi connectivity index (χ4n) is 2.68. The highest BCUT2D eigenvalue weighted by atomic mass is 31.2. The molecule has 0 aromatic rings. The SMILES string of the molecule is CCCCCCCCCCCCCCCCOP(=O)(O)O.CCOCC.N. The fraction of sp³-hybridized carbons (Fsp3) is 1.00. The van der Waals surface area contributed by atoms with Crippen LogP contribution in [0.4, 0.5) is 0 Å². The lowest BCUT2D eigenvalue weighted by Crippen LogP contribution is -1.92. The highest BCUT2D eigenvalue weighted by Crippen LogP contribution is 2.35. The Labute approximate surface area is 168 Å². The lowest BCUT2D eigenvalue weighted by atomic mass is 10.0. The molecule has 0 rings (SSSR count). The fourth-order valence-corrected chi connectivity index (χ4v) is 3.05. The topological polar surface area (TPSA) is 111 Å². The van der Waals surface area contributed by atoms with Crippen LogP contribution in [0.2, 0.25) is 0 Å². The summed E-state index contributed by atoms with van der Waals surface area (Å²) in [6, 6.07) is 0. The second kappa shape index (κ2) is 26.0. The third kappa shape index (κ3) is 37.5. The number of phosphoric ester groups is 1. The van der Waals surface area contributed by atoms with Crippen LogP contribution in [-0.2, 0) is 13.8 Å². The van der Waals surface area contributed by atoms with Gasteiger partial charge < -0.3 is 20.7 Å². The van der Waals surface area contributed by atoms with Gasteiger partial charge in [-0.3, -0.25) is 4.52 Å². The van der Waals surface area contributed by atoms with E-state index >= 15 is 0 Å². The maximum atomic E-state index is 10.4. The molecule has 0 fully saturated rings. The molecule has 0 unspecified atom stereocenters. The van der Waals surface area contributed by atoms with Crippen LogP contribution >= 0.6 is 7.82 Å². The second-order valence-electron chi connectivity index (χ2n) is 6.70. The summed E-state index contributed by atoms with van der Waals surface area (Å²) in [5.41, 5.74) is 0. The van der Waals surface area contributed by atoms with Crippen LogP contribution in [-0.4, -0.2) is 29.6 Å². The van der Waals surface area contributed by atoms with E-state index in [1.807, 2.05) is 13.8 Å². The van der Waals surface area contributed by atoms with E-state index in [1.54, 1.807) is 0 Å². The number of unbranched alkanes of at least 4 members (excludes halogenated alkanes) is 13. The Morgan fingerprint density at radius 3 is 1.22 bits per heavy atom. The number of hydrogen-bond donors (Lipinski definition) is 3. The maximum absolute atomic E-state index is 10.4. The van der Waals surface area contributed by atoms with Gasteiger partial charge in [-0.1, -0.05) is 90.4 Å². The predicted molar refractivity (Wildman–Crippen MR) is 115 cm³/mol. The number of hydrogen-bond acceptors (Lipinski definition) is 4. The lowest BCUT2D eigenvalue weighted by Gasteiger charge is -2.05. The van der Waals surface area contributed by atoms with Crippen LogP contribution in [0.25, 0.3) is 0 Å². The summed E-state index contributed by atoms with van der Waals surface area (Å²) >= 11 is 0. The van der Waals surface area contributed by atoms with Gasteiger partial charge in [-0.2, -0.15) is 0 Å². The van der Waals surface area contributed by atoms with Crippen LogP contribution in [0, 0.1) is 0 Å². The molecule has 6 nitrogen and oxygen atoms in total. The van der Waals surface area contributed by atoms with Gasteiger partial charge in [0, 0.05) is 13.2 Å². The molecule has 0 heterocycles. The molecule has 0 aromatic carbocycles. The average Bonchev–Trinajstić information content (AvgIpc) is 2.58. The van der Waals surface area contributed by atoms with Gasteiger partial charge in [-0.15, -0.1) is 0 Å². The van der Waals surface area contributed by atoms with Crippen molar-refractivity contribution in [2.45, 2.75) is 111 Å². The van der Waals surface area contributed by atoms with Gasteiger partial charge in [0.15, 0.2) is 0 Å². The molecule has 0 aliphatic rings. The Hall–Kier alpha value is 0.0300. The van der Waals surface area contributed by atoms with E-state index in [4.69, 9.17) is 14.5 Å². The monoisotopic (exact) mass is 413 g/mol. The van der Waals surface area contributed by atoms with Gasteiger partial charge in [0.2, 0.25) is 0 Å². The van der Waals surface area contributed by atoms with E-state index in [2.05, 4.69) is 11.4 Å². The Morgan fingerprint density at radius 2 is 0.963 bits per heavy atom. The van der Waals surface area contributed by atoms with Gasteiger partial charge in [0.25, 0.3) is 0 Å². The third-order valence-corrected chi connectivity index (χ3v) is 4.68. The quantitative estimate of drug-likeness (QED) is 0.169. The summed E-state index contributed by atoms with van der Waals surface area (Å²) < 4.78 is 19.7. The Bertz CT molecular complexity index is 298. The third-order valence-electron chi connectivity index (χ3n) is 4.17. The number of ether oxygens (including phenoxy) is 1. The second-order valence-corrected chi connectivity index (χ2v) is 7.94. The Balaban J connectivity index is -0.000000844. The first-order chi connectivity index (χ1) is 12.5. The van der Waals surface area contributed by atoms with Crippen LogP contribution in [0.15, 0.2) is 0 Å². The minimum Gasteiger partial charge on any atom is -0.382 e. The highest BCUT2D eigenvalue weighted by Gasteiger charge is 2.12. The Morgan fingerprint density at radius 1 is 0.630 bits per heavy atom. The molecule has 7 heteroatoms. The highest BCUT2D eigenvalue weighted by molar-refractivity contribution is 7.46. The summed E-state index contributed by atoms with van der Waals surface area (Å²) in [5.74, 6) is 0. The van der Waals surface area contributed by atoms with Crippen molar-refractivity contribution in [3.8, 4) is 0 Å². The molecule has 27 heavy (non-hydrogen) atoms. The average molecular weight is 414 g/mol. The van der Waals surface area contributed by atoms with E-state index in [0.717, 1.165) is 32.5 Å². The molecule has 0 aliphatic carbocycles. The zero-order valence-corrected chi connectivity index (χ0v) is 19.2. The summed E-state index contributed by atoms with van der Waals surface area (Å²) in [5, 5.41) is 0. The smallest absolute Gasteiger partial charge is 0.382 e. The van der Waals surface area contributed by atoms with Crippen LogP contribution < -0.4 is 6.15 Å². The first-order valence-corrected chi connectivity index (χ1v) is 12.3. The molecule has 5 N–H and O–H groups in total. The minimum atomic E-state index is -4.25. The first-order valence-electron chi connectivity index (χ1n) is 10.8. The molecule has 0 saturated heterocycles. The molecule has 0 radical (unpaired) electrons. The number of rotatable bonds is 18. The minimum absolute atomic E-state index is 0. The molecular weight excluding hydrogens is 365 g/mol. The van der Waals surface area contributed by atoms with Gasteiger partial charge in [0.05, 0.1) is 6.61 Å². The van der Waals surface area contributed by atoms with Crippen molar-refractivity contribution in [1.29, 1.82) is 0 Å². The largest absolute Gasteiger partial charge is 0.469 e. The van der Waals surface area contributed by atoms with Crippen LogP contribution in [0.3, 0.4) is 0 Å². The van der Waals surface area contributed by atoms with Crippen molar-refractivity contribution >= 4 is 7.82 Å². The van der Waals surface area contributed by atoms with Gasteiger partial charge in [0.1, 0.15) is 0 Å². The van der Waals surface area contributed by atoms with Crippen molar-refractivity contribution in [3.63, 3.8) is 0 Å². The zero-order valence-electron chi connectivity index (χ0n) is 18.3. The number of phosphoric acid groups is 1. The van der Waals surface area contributed by atoms with Gasteiger partial charge >= 0.3 is 7.82 Å². The van der Waals surface area contributed by atoms with Crippen molar-refractivity contribution in [2.75, 3.05) is 19.8 Å². The normalized spacial score (nSPS) is 10.9. The zero-order chi connectivity index (χ0) is 19.9. The summed E-state index contributed by atoms with van der Waals surface area (Å²) in [6.07, 6.45) is 17.8. The molecular formula is C20H48NO5P.